The van der Waals surface area contributed by atoms with Crippen molar-refractivity contribution in [3.05, 3.63) is 23.8 Å². The van der Waals surface area contributed by atoms with Crippen LogP contribution in [0.15, 0.2) is 18.2 Å². The van der Waals surface area contributed by atoms with Gasteiger partial charge in [-0.3, -0.25) is 0 Å². The molecule has 0 spiro atoms. The van der Waals surface area contributed by atoms with Gasteiger partial charge in [0, 0.05) is 5.69 Å². The van der Waals surface area contributed by atoms with Crippen LogP contribution >= 0.6 is 0 Å². The van der Waals surface area contributed by atoms with E-state index in [0.29, 0.717) is 0 Å². The summed E-state index contributed by atoms with van der Waals surface area (Å²) in [6.45, 7) is 4.98. The van der Waals surface area contributed by atoms with Crippen molar-refractivity contribution in [1.82, 2.24) is 0 Å². The molecule has 78 valence electrons. The molecule has 2 nitrogen and oxygen atoms in total. The molecule has 0 amide bonds. The van der Waals surface area contributed by atoms with E-state index in [1.165, 1.54) is 12.8 Å². The van der Waals surface area contributed by atoms with Gasteiger partial charge in [-0.25, -0.2) is 0 Å². The Bertz CT molecular complexity index is 284. The first-order valence-corrected chi connectivity index (χ1v) is 5.23. The molecule has 0 unspecified atom stereocenters. The summed E-state index contributed by atoms with van der Waals surface area (Å²) in [6, 6.07) is 5.81. The molecule has 0 aliphatic rings. The fourth-order valence-electron chi connectivity index (χ4n) is 1.28. The van der Waals surface area contributed by atoms with Crippen LogP contribution in [0, 0.1) is 6.92 Å². The Kier molecular flexibility index (Phi) is 4.30. The van der Waals surface area contributed by atoms with E-state index >= 15 is 0 Å². The van der Waals surface area contributed by atoms with Crippen LogP contribution in [-0.4, -0.2) is 6.61 Å². The second-order valence-corrected chi connectivity index (χ2v) is 3.57. The Morgan fingerprint density at radius 1 is 1.29 bits per heavy atom. The zero-order chi connectivity index (χ0) is 10.4. The number of ether oxygens (including phenoxy) is 1. The molecule has 0 aromatic heterocycles. The summed E-state index contributed by atoms with van der Waals surface area (Å²) in [6.07, 6.45) is 3.58. The third-order valence-electron chi connectivity index (χ3n) is 2.26. The molecule has 0 saturated heterocycles. The molecule has 14 heavy (non-hydrogen) atoms. The molecule has 1 aromatic rings. The maximum atomic E-state index is 5.71. The minimum absolute atomic E-state index is 0.803. The van der Waals surface area contributed by atoms with E-state index in [4.69, 9.17) is 10.5 Å². The van der Waals surface area contributed by atoms with Gasteiger partial charge < -0.3 is 10.5 Å². The van der Waals surface area contributed by atoms with Crippen LogP contribution in [0.1, 0.15) is 31.7 Å². The minimum atomic E-state index is 0.803. The maximum Gasteiger partial charge on any atom is 0.119 e. The summed E-state index contributed by atoms with van der Waals surface area (Å²) in [7, 11) is 0. The number of anilines is 1. The van der Waals surface area contributed by atoms with E-state index in [0.717, 1.165) is 30.0 Å². The Labute approximate surface area is 86.1 Å². The standard InChI is InChI=1S/C12H19NO/c1-3-4-5-8-14-11-6-7-12(13)10(2)9-11/h6-7,9H,3-5,8,13H2,1-2H3. The van der Waals surface area contributed by atoms with E-state index in [9.17, 15) is 0 Å². The number of nitrogen functional groups attached to an aromatic ring is 1. The van der Waals surface area contributed by atoms with Gasteiger partial charge in [0.05, 0.1) is 6.61 Å². The second-order valence-electron chi connectivity index (χ2n) is 3.57. The highest BCUT2D eigenvalue weighted by molar-refractivity contribution is 5.49. The van der Waals surface area contributed by atoms with Gasteiger partial charge in [-0.2, -0.15) is 0 Å². The van der Waals surface area contributed by atoms with Gasteiger partial charge >= 0.3 is 0 Å². The maximum absolute atomic E-state index is 5.71. The molecule has 2 heteroatoms. The van der Waals surface area contributed by atoms with Gasteiger partial charge in [0.15, 0.2) is 0 Å². The van der Waals surface area contributed by atoms with Crippen molar-refractivity contribution in [2.24, 2.45) is 0 Å². The van der Waals surface area contributed by atoms with Gasteiger partial charge in [-0.15, -0.1) is 0 Å². The Balaban J connectivity index is 2.39. The molecular weight excluding hydrogens is 174 g/mol. The van der Waals surface area contributed by atoms with Crippen LogP contribution in [-0.2, 0) is 0 Å². The van der Waals surface area contributed by atoms with Crippen molar-refractivity contribution >= 4 is 5.69 Å². The first-order valence-electron chi connectivity index (χ1n) is 5.23. The smallest absolute Gasteiger partial charge is 0.119 e. The van der Waals surface area contributed by atoms with E-state index in [-0.39, 0.29) is 0 Å². The van der Waals surface area contributed by atoms with Crippen molar-refractivity contribution in [3.63, 3.8) is 0 Å². The van der Waals surface area contributed by atoms with Crippen LogP contribution in [0.4, 0.5) is 5.69 Å². The van der Waals surface area contributed by atoms with Crippen molar-refractivity contribution in [2.75, 3.05) is 12.3 Å². The highest BCUT2D eigenvalue weighted by Crippen LogP contribution is 2.18. The Hall–Kier alpha value is -1.18. The number of hydrogen-bond acceptors (Lipinski definition) is 2. The topological polar surface area (TPSA) is 35.2 Å². The van der Waals surface area contributed by atoms with Crippen molar-refractivity contribution < 1.29 is 4.74 Å². The summed E-state index contributed by atoms with van der Waals surface area (Å²) in [5.74, 6) is 0.924. The molecule has 0 saturated carbocycles. The molecule has 2 N–H and O–H groups in total. The van der Waals surface area contributed by atoms with Crippen LogP contribution in [0.2, 0.25) is 0 Å². The van der Waals surface area contributed by atoms with Gasteiger partial charge in [0.1, 0.15) is 5.75 Å². The molecule has 1 rings (SSSR count). The lowest BCUT2D eigenvalue weighted by molar-refractivity contribution is 0.306. The van der Waals surface area contributed by atoms with Crippen molar-refractivity contribution in [1.29, 1.82) is 0 Å². The number of unbranched alkanes of at least 4 members (excludes halogenated alkanes) is 2. The molecular formula is C12H19NO. The zero-order valence-corrected chi connectivity index (χ0v) is 9.05. The highest BCUT2D eigenvalue weighted by Gasteiger charge is 1.97. The minimum Gasteiger partial charge on any atom is -0.494 e. The van der Waals surface area contributed by atoms with Crippen molar-refractivity contribution in [3.8, 4) is 5.75 Å². The predicted molar refractivity (Wildman–Crippen MR) is 60.6 cm³/mol. The summed E-state index contributed by atoms with van der Waals surface area (Å²) in [5.41, 5.74) is 7.62. The number of nitrogens with two attached hydrogens (primary N) is 1. The first-order chi connectivity index (χ1) is 6.74. The summed E-state index contributed by atoms with van der Waals surface area (Å²) < 4.78 is 5.59. The Morgan fingerprint density at radius 2 is 2.07 bits per heavy atom. The van der Waals surface area contributed by atoms with Crippen LogP contribution in [0.3, 0.4) is 0 Å². The molecule has 0 radical (unpaired) electrons. The van der Waals surface area contributed by atoms with Crippen LogP contribution in [0.25, 0.3) is 0 Å². The lowest BCUT2D eigenvalue weighted by Gasteiger charge is -2.07. The molecule has 0 aliphatic heterocycles. The molecule has 0 atom stereocenters. The monoisotopic (exact) mass is 193 g/mol. The van der Waals surface area contributed by atoms with Gasteiger partial charge in [0.25, 0.3) is 0 Å². The summed E-state index contributed by atoms with van der Waals surface area (Å²) >= 11 is 0. The number of aryl methyl sites for hydroxylation is 1. The number of hydrogen-bond donors (Lipinski definition) is 1. The lowest BCUT2D eigenvalue weighted by Crippen LogP contribution is -1.98. The van der Waals surface area contributed by atoms with Gasteiger partial charge in [-0.05, 0) is 37.1 Å². The van der Waals surface area contributed by atoms with Crippen LogP contribution in [0.5, 0.6) is 5.75 Å². The van der Waals surface area contributed by atoms with E-state index in [1.807, 2.05) is 25.1 Å². The quantitative estimate of drug-likeness (QED) is 0.576. The normalized spacial score (nSPS) is 10.1. The average molecular weight is 193 g/mol. The SMILES string of the molecule is CCCCCOc1ccc(N)c(C)c1. The summed E-state index contributed by atoms with van der Waals surface area (Å²) in [4.78, 5) is 0. The largest absolute Gasteiger partial charge is 0.494 e. The highest BCUT2D eigenvalue weighted by atomic mass is 16.5. The first kappa shape index (κ1) is 10.9. The fraction of sp³-hybridized carbons (Fsp3) is 0.500. The lowest BCUT2D eigenvalue weighted by atomic mass is 10.2. The third-order valence-corrected chi connectivity index (χ3v) is 2.26. The number of rotatable bonds is 5. The van der Waals surface area contributed by atoms with E-state index < -0.39 is 0 Å². The molecule has 1 aromatic carbocycles. The van der Waals surface area contributed by atoms with Gasteiger partial charge in [0.2, 0.25) is 0 Å². The van der Waals surface area contributed by atoms with E-state index in [1.54, 1.807) is 0 Å². The molecule has 0 fully saturated rings. The fourth-order valence-corrected chi connectivity index (χ4v) is 1.28. The average Bonchev–Trinajstić information content (AvgIpc) is 2.18. The summed E-state index contributed by atoms with van der Waals surface area (Å²) in [5, 5.41) is 0. The predicted octanol–water partition coefficient (Wildman–Crippen LogP) is 3.15. The molecule has 0 heterocycles. The van der Waals surface area contributed by atoms with Crippen molar-refractivity contribution in [2.45, 2.75) is 33.1 Å². The number of benzene rings is 1. The Morgan fingerprint density at radius 3 is 2.71 bits per heavy atom. The van der Waals surface area contributed by atoms with Crippen LogP contribution < -0.4 is 10.5 Å². The third kappa shape index (κ3) is 3.29. The van der Waals surface area contributed by atoms with Gasteiger partial charge in [-0.1, -0.05) is 19.8 Å². The molecule has 0 aliphatic carbocycles. The van der Waals surface area contributed by atoms with E-state index in [2.05, 4.69) is 6.92 Å². The molecule has 0 bridgehead atoms. The second kappa shape index (κ2) is 5.53. The zero-order valence-electron chi connectivity index (χ0n) is 9.05.